The van der Waals surface area contributed by atoms with Gasteiger partial charge in [-0.2, -0.15) is 10.1 Å². The molecule has 1 aromatic carbocycles. The van der Waals surface area contributed by atoms with Crippen molar-refractivity contribution in [2.24, 2.45) is 0 Å². The number of hydrogen-bond donors (Lipinski definition) is 1. The second kappa shape index (κ2) is 8.17. The summed E-state index contributed by atoms with van der Waals surface area (Å²) in [7, 11) is 1.31. The number of nitrogens with one attached hydrogen (secondary N) is 1. The lowest BCUT2D eigenvalue weighted by molar-refractivity contribution is -0.129. The van der Waals surface area contributed by atoms with Crippen LogP contribution in [0.15, 0.2) is 24.4 Å². The highest BCUT2D eigenvalue weighted by Crippen LogP contribution is 2.26. The van der Waals surface area contributed by atoms with Gasteiger partial charge in [-0.05, 0) is 18.2 Å². The van der Waals surface area contributed by atoms with Crippen LogP contribution >= 0.6 is 11.6 Å². The minimum atomic E-state index is -0.467. The third-order valence-corrected chi connectivity index (χ3v) is 4.56. The summed E-state index contributed by atoms with van der Waals surface area (Å²) in [6.07, 6.45) is 1.57. The number of halogens is 1. The van der Waals surface area contributed by atoms with Crippen LogP contribution in [-0.2, 0) is 9.53 Å². The number of carbonyl (C=O) groups excluding carboxylic acids is 2. The molecule has 0 radical (unpaired) electrons. The number of nitrogens with zero attached hydrogens (tertiary/aromatic N) is 5. The van der Waals surface area contributed by atoms with Gasteiger partial charge in [0.25, 0.3) is 0 Å². The van der Waals surface area contributed by atoms with Gasteiger partial charge >= 0.3 is 5.97 Å². The Morgan fingerprint density at radius 1 is 1.22 bits per heavy atom. The van der Waals surface area contributed by atoms with Gasteiger partial charge in [0.1, 0.15) is 0 Å². The van der Waals surface area contributed by atoms with Crippen molar-refractivity contribution in [2.75, 3.05) is 43.5 Å². The quantitative estimate of drug-likeness (QED) is 0.787. The van der Waals surface area contributed by atoms with Crippen molar-refractivity contribution in [3.8, 4) is 0 Å². The van der Waals surface area contributed by atoms with E-state index in [2.05, 4.69) is 20.5 Å². The molecule has 9 nitrogen and oxygen atoms in total. The summed E-state index contributed by atoms with van der Waals surface area (Å²) in [6, 6.07) is 4.73. The summed E-state index contributed by atoms with van der Waals surface area (Å²) in [5, 5.41) is 11.3. The Labute approximate surface area is 161 Å². The molecule has 1 fully saturated rings. The van der Waals surface area contributed by atoms with E-state index in [1.807, 2.05) is 4.90 Å². The molecule has 0 unspecified atom stereocenters. The van der Waals surface area contributed by atoms with Crippen LogP contribution < -0.4 is 10.2 Å². The van der Waals surface area contributed by atoms with E-state index in [0.29, 0.717) is 48.3 Å². The zero-order valence-electron chi connectivity index (χ0n) is 15.0. The van der Waals surface area contributed by atoms with Crippen LogP contribution in [0.1, 0.15) is 17.3 Å². The molecule has 2 aromatic rings. The molecule has 0 spiro atoms. The molecular formula is C17H19ClN6O3. The lowest BCUT2D eigenvalue weighted by Gasteiger charge is -2.34. The number of amides is 1. The summed E-state index contributed by atoms with van der Waals surface area (Å²) in [6.45, 7) is 4.16. The number of anilines is 3. The number of rotatable bonds is 4. The Hall–Kier alpha value is -2.94. The minimum absolute atomic E-state index is 0.0675. The molecule has 3 rings (SSSR count). The SMILES string of the molecule is COC(=O)c1ccc(Cl)c(Nc2nncc(N3CCN(C(C)=O)CC3)n2)c1. The maximum Gasteiger partial charge on any atom is 0.337 e. The monoisotopic (exact) mass is 390 g/mol. The van der Waals surface area contributed by atoms with Gasteiger partial charge in [0, 0.05) is 33.1 Å². The van der Waals surface area contributed by atoms with E-state index < -0.39 is 5.97 Å². The van der Waals surface area contributed by atoms with Crippen molar-refractivity contribution in [1.29, 1.82) is 0 Å². The Morgan fingerprint density at radius 2 is 1.96 bits per heavy atom. The topological polar surface area (TPSA) is 101 Å². The Balaban J connectivity index is 1.75. The number of carbonyl (C=O) groups is 2. The van der Waals surface area contributed by atoms with Gasteiger partial charge < -0.3 is 19.9 Å². The fraction of sp³-hybridized carbons (Fsp3) is 0.353. The average Bonchev–Trinajstić information content (AvgIpc) is 2.69. The minimum Gasteiger partial charge on any atom is -0.465 e. The van der Waals surface area contributed by atoms with E-state index in [4.69, 9.17) is 16.3 Å². The van der Waals surface area contributed by atoms with Gasteiger partial charge in [-0.25, -0.2) is 4.79 Å². The van der Waals surface area contributed by atoms with Crippen LogP contribution in [0.3, 0.4) is 0 Å². The third kappa shape index (κ3) is 4.43. The second-order valence-electron chi connectivity index (χ2n) is 5.94. The van der Waals surface area contributed by atoms with E-state index in [9.17, 15) is 9.59 Å². The first-order valence-corrected chi connectivity index (χ1v) is 8.71. The largest absolute Gasteiger partial charge is 0.465 e. The van der Waals surface area contributed by atoms with E-state index in [0.717, 1.165) is 0 Å². The molecule has 2 heterocycles. The highest BCUT2D eigenvalue weighted by Gasteiger charge is 2.20. The fourth-order valence-corrected chi connectivity index (χ4v) is 2.90. The molecule has 1 aliphatic heterocycles. The summed E-state index contributed by atoms with van der Waals surface area (Å²) >= 11 is 6.19. The Morgan fingerprint density at radius 3 is 2.63 bits per heavy atom. The predicted octanol–water partition coefficient (Wildman–Crippen LogP) is 1.72. The van der Waals surface area contributed by atoms with Crippen molar-refractivity contribution in [3.05, 3.63) is 35.0 Å². The van der Waals surface area contributed by atoms with Gasteiger partial charge in [-0.15, -0.1) is 5.10 Å². The molecule has 10 heteroatoms. The first-order valence-electron chi connectivity index (χ1n) is 8.33. The normalized spacial score (nSPS) is 14.0. The molecule has 1 amide bonds. The average molecular weight is 391 g/mol. The van der Waals surface area contributed by atoms with Crippen molar-refractivity contribution in [1.82, 2.24) is 20.1 Å². The maximum atomic E-state index is 11.7. The summed E-state index contributed by atoms with van der Waals surface area (Å²) < 4.78 is 4.72. The number of esters is 1. The molecule has 0 bridgehead atoms. The van der Waals surface area contributed by atoms with Gasteiger partial charge in [-0.3, -0.25) is 4.79 Å². The lowest BCUT2D eigenvalue weighted by atomic mass is 10.2. The molecule has 0 aliphatic carbocycles. The third-order valence-electron chi connectivity index (χ3n) is 4.23. The fourth-order valence-electron chi connectivity index (χ4n) is 2.74. The number of aromatic nitrogens is 3. The Bertz CT molecular complexity index is 854. The predicted molar refractivity (Wildman–Crippen MR) is 100 cm³/mol. The Kier molecular flexibility index (Phi) is 5.70. The van der Waals surface area contributed by atoms with Gasteiger partial charge in [0.2, 0.25) is 11.9 Å². The van der Waals surface area contributed by atoms with E-state index in [1.165, 1.54) is 7.11 Å². The van der Waals surface area contributed by atoms with Crippen LogP contribution in [0.4, 0.5) is 17.5 Å². The number of piperazine rings is 1. The highest BCUT2D eigenvalue weighted by atomic mass is 35.5. The van der Waals surface area contributed by atoms with E-state index >= 15 is 0 Å². The van der Waals surface area contributed by atoms with Crippen LogP contribution in [0.5, 0.6) is 0 Å². The molecule has 142 valence electrons. The second-order valence-corrected chi connectivity index (χ2v) is 6.35. The van der Waals surface area contributed by atoms with Crippen LogP contribution in [-0.4, -0.2) is 65.2 Å². The van der Waals surface area contributed by atoms with Gasteiger partial charge in [0.15, 0.2) is 5.82 Å². The molecule has 0 saturated carbocycles. The molecule has 0 atom stereocenters. The van der Waals surface area contributed by atoms with Crippen LogP contribution in [0.25, 0.3) is 0 Å². The zero-order valence-corrected chi connectivity index (χ0v) is 15.7. The summed E-state index contributed by atoms with van der Waals surface area (Å²) in [5.41, 5.74) is 0.828. The standard InChI is InChI=1S/C17H19ClN6O3/c1-11(25)23-5-7-24(8-6-23)15-10-19-22-17(21-15)20-14-9-12(16(26)27-2)3-4-13(14)18/h3-4,9-10H,5-8H2,1-2H3,(H,20,21,22). The molecule has 1 saturated heterocycles. The van der Waals surface area contributed by atoms with Crippen molar-refractivity contribution < 1.29 is 14.3 Å². The molecule has 1 N–H and O–H groups in total. The van der Waals surface area contributed by atoms with E-state index in [1.54, 1.807) is 36.2 Å². The van der Waals surface area contributed by atoms with Crippen molar-refractivity contribution >= 4 is 40.9 Å². The van der Waals surface area contributed by atoms with Crippen LogP contribution in [0, 0.1) is 0 Å². The first-order chi connectivity index (χ1) is 13.0. The maximum absolute atomic E-state index is 11.7. The first kappa shape index (κ1) is 18.8. The number of methoxy groups -OCH3 is 1. The van der Waals surface area contributed by atoms with Crippen LogP contribution in [0.2, 0.25) is 5.02 Å². The van der Waals surface area contributed by atoms with Crippen molar-refractivity contribution in [3.63, 3.8) is 0 Å². The smallest absolute Gasteiger partial charge is 0.337 e. The molecule has 27 heavy (non-hydrogen) atoms. The lowest BCUT2D eigenvalue weighted by Crippen LogP contribution is -2.48. The number of benzene rings is 1. The highest BCUT2D eigenvalue weighted by molar-refractivity contribution is 6.33. The van der Waals surface area contributed by atoms with Gasteiger partial charge in [-0.1, -0.05) is 11.6 Å². The van der Waals surface area contributed by atoms with Crippen molar-refractivity contribution in [2.45, 2.75) is 6.92 Å². The molecule has 1 aliphatic rings. The molecular weight excluding hydrogens is 372 g/mol. The number of hydrogen-bond acceptors (Lipinski definition) is 8. The summed E-state index contributed by atoms with van der Waals surface area (Å²) in [4.78, 5) is 31.4. The summed E-state index contributed by atoms with van der Waals surface area (Å²) in [5.74, 6) is 0.505. The zero-order chi connectivity index (χ0) is 19.4. The number of ether oxygens (including phenoxy) is 1. The van der Waals surface area contributed by atoms with Gasteiger partial charge in [0.05, 0.1) is 29.6 Å². The van der Waals surface area contributed by atoms with E-state index in [-0.39, 0.29) is 11.9 Å². The molecule has 1 aromatic heterocycles.